The lowest BCUT2D eigenvalue weighted by Gasteiger charge is -2.19. The summed E-state index contributed by atoms with van der Waals surface area (Å²) in [5, 5.41) is 0. The molecule has 1 unspecified atom stereocenters. The summed E-state index contributed by atoms with van der Waals surface area (Å²) in [6.07, 6.45) is 4.14. The van der Waals surface area contributed by atoms with Crippen LogP contribution in [-0.2, 0) is 21.4 Å². The minimum Gasteiger partial charge on any atom is -0.299 e. The molecular formula is C27H34N4O3S. The van der Waals surface area contributed by atoms with Gasteiger partial charge in [-0.1, -0.05) is 63.2 Å². The number of carbonyl (C=O) groups is 1. The Morgan fingerprint density at radius 3 is 2.17 bits per heavy atom. The van der Waals surface area contributed by atoms with Gasteiger partial charge in [0, 0.05) is 32.4 Å². The lowest BCUT2D eigenvalue weighted by molar-refractivity contribution is -0.115. The van der Waals surface area contributed by atoms with Crippen molar-refractivity contribution in [2.45, 2.75) is 51.5 Å². The Labute approximate surface area is 208 Å². The van der Waals surface area contributed by atoms with Crippen LogP contribution >= 0.6 is 0 Å². The van der Waals surface area contributed by atoms with Gasteiger partial charge in [0.25, 0.3) is 10.0 Å². The van der Waals surface area contributed by atoms with Crippen molar-refractivity contribution in [2.24, 2.45) is 5.92 Å². The summed E-state index contributed by atoms with van der Waals surface area (Å²) < 4.78 is 26.0. The summed E-state index contributed by atoms with van der Waals surface area (Å²) in [4.78, 5) is 22.1. The molecule has 1 aliphatic heterocycles. The minimum atomic E-state index is -4.04. The molecule has 0 aliphatic carbocycles. The normalized spacial score (nSPS) is 16.0. The van der Waals surface area contributed by atoms with Crippen molar-refractivity contribution in [1.29, 1.82) is 0 Å². The van der Waals surface area contributed by atoms with E-state index in [4.69, 9.17) is 0 Å². The number of aromatic nitrogens is 2. The Morgan fingerprint density at radius 1 is 1.03 bits per heavy atom. The largest absolute Gasteiger partial charge is 0.299 e. The Bertz CT molecular complexity index is 1180. The molecule has 1 fully saturated rings. The number of likely N-dealkylation sites (tertiary alicyclic amines) is 1. The lowest BCUT2D eigenvalue weighted by Crippen LogP contribution is -2.36. The summed E-state index contributed by atoms with van der Waals surface area (Å²) >= 11 is 0. The molecule has 1 aromatic heterocycles. The van der Waals surface area contributed by atoms with Crippen molar-refractivity contribution >= 4 is 21.9 Å². The molecule has 8 heteroatoms. The molecular weight excluding hydrogens is 460 g/mol. The smallest absolute Gasteiger partial charge is 0.273 e. The number of hydrogen-bond acceptors (Lipinski definition) is 6. The molecule has 7 nitrogen and oxygen atoms in total. The van der Waals surface area contributed by atoms with Gasteiger partial charge in [-0.3, -0.25) is 9.69 Å². The third-order valence-corrected chi connectivity index (χ3v) is 7.63. The number of rotatable bonds is 6. The number of sulfonamides is 1. The van der Waals surface area contributed by atoms with E-state index in [-0.39, 0.29) is 16.8 Å². The number of benzene rings is 2. The maximum Gasteiger partial charge on any atom is 0.273 e. The van der Waals surface area contributed by atoms with Gasteiger partial charge >= 0.3 is 0 Å². The molecule has 0 spiro atoms. The van der Waals surface area contributed by atoms with E-state index in [1.807, 2.05) is 13.8 Å². The maximum atomic E-state index is 12.7. The van der Waals surface area contributed by atoms with Gasteiger partial charge in [0.1, 0.15) is 0 Å². The maximum absolute atomic E-state index is 12.7. The van der Waals surface area contributed by atoms with E-state index in [1.165, 1.54) is 49.6 Å². The number of anilines is 1. The van der Waals surface area contributed by atoms with Crippen LogP contribution in [0.5, 0.6) is 0 Å². The van der Waals surface area contributed by atoms with E-state index in [0.29, 0.717) is 4.31 Å². The van der Waals surface area contributed by atoms with Crippen LogP contribution in [0.1, 0.15) is 51.2 Å². The fourth-order valence-corrected chi connectivity index (χ4v) is 5.29. The first-order chi connectivity index (χ1) is 16.7. The Balaban J connectivity index is 0.000000223. The van der Waals surface area contributed by atoms with Crippen LogP contribution in [0.3, 0.4) is 0 Å². The highest BCUT2D eigenvalue weighted by molar-refractivity contribution is 7.93. The van der Waals surface area contributed by atoms with Crippen LogP contribution in [-0.4, -0.2) is 42.3 Å². The van der Waals surface area contributed by atoms with E-state index >= 15 is 0 Å². The second kappa shape index (κ2) is 12.0. The average Bonchev–Trinajstić information content (AvgIpc) is 3.25. The van der Waals surface area contributed by atoms with E-state index in [0.717, 1.165) is 24.9 Å². The van der Waals surface area contributed by atoms with Crippen molar-refractivity contribution in [3.05, 3.63) is 84.2 Å². The molecule has 186 valence electrons. The summed E-state index contributed by atoms with van der Waals surface area (Å²) in [5.41, 5.74) is 2.46. The molecule has 1 amide bonds. The van der Waals surface area contributed by atoms with Gasteiger partial charge in [0.15, 0.2) is 0 Å². The summed E-state index contributed by atoms with van der Waals surface area (Å²) in [6.45, 7) is 11.2. The van der Waals surface area contributed by atoms with E-state index in [9.17, 15) is 13.2 Å². The predicted octanol–water partition coefficient (Wildman–Crippen LogP) is 4.87. The second-order valence-electron chi connectivity index (χ2n) is 9.18. The summed E-state index contributed by atoms with van der Waals surface area (Å²) in [5.74, 6) is 0.351. The molecule has 35 heavy (non-hydrogen) atoms. The van der Waals surface area contributed by atoms with Gasteiger partial charge < -0.3 is 0 Å². The first-order valence-corrected chi connectivity index (χ1v) is 13.3. The zero-order chi connectivity index (χ0) is 25.4. The topological polar surface area (TPSA) is 83.5 Å². The van der Waals surface area contributed by atoms with Gasteiger partial charge in [-0.05, 0) is 54.1 Å². The molecule has 0 bridgehead atoms. The number of nitrogens with zero attached hydrogens (tertiary/aromatic N) is 4. The molecule has 1 aliphatic rings. The lowest BCUT2D eigenvalue weighted by atomic mass is 10.0. The molecule has 3 aromatic rings. The van der Waals surface area contributed by atoms with Crippen LogP contribution in [0.15, 0.2) is 78.0 Å². The Kier molecular flexibility index (Phi) is 9.12. The van der Waals surface area contributed by atoms with Gasteiger partial charge in [0.2, 0.25) is 11.9 Å². The van der Waals surface area contributed by atoms with Gasteiger partial charge in [-0.25, -0.2) is 18.4 Å². The van der Waals surface area contributed by atoms with E-state index < -0.39 is 15.9 Å². The first kappa shape index (κ1) is 26.5. The van der Waals surface area contributed by atoms with Crippen LogP contribution < -0.4 is 4.31 Å². The van der Waals surface area contributed by atoms with Crippen LogP contribution in [0, 0.1) is 5.92 Å². The zero-order valence-corrected chi connectivity index (χ0v) is 21.6. The van der Waals surface area contributed by atoms with E-state index in [2.05, 4.69) is 52.1 Å². The molecule has 4 rings (SSSR count). The standard InChI is InChI=1S/C15H17N3O3S.C12H17N/c1-11(2)13-5-7-14(8-6-13)22(20,21)18(12(3)19)15-16-9-4-10-17-15;1-11-7-8-13(9-11)10-12-5-3-2-4-6-12/h4-11H,1-3H3;2-6,11H,7-10H2,1H3. The highest BCUT2D eigenvalue weighted by Crippen LogP contribution is 2.23. The fourth-order valence-electron chi connectivity index (χ4n) is 3.96. The third-order valence-electron chi connectivity index (χ3n) is 5.86. The number of carbonyl (C=O) groups excluding carboxylic acids is 1. The molecule has 2 aromatic carbocycles. The molecule has 1 atom stereocenters. The molecule has 0 saturated carbocycles. The monoisotopic (exact) mass is 494 g/mol. The third kappa shape index (κ3) is 7.19. The second-order valence-corrected chi connectivity index (χ2v) is 11.0. The molecule has 1 saturated heterocycles. The van der Waals surface area contributed by atoms with Crippen LogP contribution in [0.2, 0.25) is 0 Å². The van der Waals surface area contributed by atoms with E-state index in [1.54, 1.807) is 18.2 Å². The predicted molar refractivity (Wildman–Crippen MR) is 138 cm³/mol. The fraction of sp³-hybridized carbons (Fsp3) is 0.370. The van der Waals surface area contributed by atoms with Crippen molar-refractivity contribution in [1.82, 2.24) is 14.9 Å². The Hall–Kier alpha value is -3.10. The Morgan fingerprint density at radius 2 is 1.66 bits per heavy atom. The van der Waals surface area contributed by atoms with Crippen molar-refractivity contribution in [2.75, 3.05) is 17.4 Å². The van der Waals surface area contributed by atoms with Crippen LogP contribution in [0.4, 0.5) is 5.95 Å². The molecule has 0 radical (unpaired) electrons. The summed E-state index contributed by atoms with van der Waals surface area (Å²) in [6, 6.07) is 18.7. The first-order valence-electron chi connectivity index (χ1n) is 11.9. The highest BCUT2D eigenvalue weighted by Gasteiger charge is 2.30. The van der Waals surface area contributed by atoms with Gasteiger partial charge in [-0.2, -0.15) is 4.31 Å². The quantitative estimate of drug-likeness (QED) is 0.486. The highest BCUT2D eigenvalue weighted by atomic mass is 32.2. The minimum absolute atomic E-state index is 0.0274. The molecule has 0 N–H and O–H groups in total. The number of hydrogen-bond donors (Lipinski definition) is 0. The number of amides is 1. The molecule has 2 heterocycles. The van der Waals surface area contributed by atoms with Crippen molar-refractivity contribution in [3.63, 3.8) is 0 Å². The zero-order valence-electron chi connectivity index (χ0n) is 20.8. The van der Waals surface area contributed by atoms with Crippen molar-refractivity contribution < 1.29 is 13.2 Å². The van der Waals surface area contributed by atoms with Crippen molar-refractivity contribution in [3.8, 4) is 0 Å². The average molecular weight is 495 g/mol. The van der Waals surface area contributed by atoms with Crippen LogP contribution in [0.25, 0.3) is 0 Å². The summed E-state index contributed by atoms with van der Waals surface area (Å²) in [7, 11) is -4.04. The SMILES string of the molecule is CC(=O)N(c1ncccn1)S(=O)(=O)c1ccc(C(C)C)cc1.CC1CCN(Cc2ccccc2)C1. The van der Waals surface area contributed by atoms with Gasteiger partial charge in [-0.15, -0.1) is 0 Å². The van der Waals surface area contributed by atoms with Gasteiger partial charge in [0.05, 0.1) is 4.90 Å².